The highest BCUT2D eigenvalue weighted by Gasteiger charge is 2.28. The molecule has 0 bridgehead atoms. The van der Waals surface area contributed by atoms with Gasteiger partial charge in [-0.3, -0.25) is 19.6 Å². The Morgan fingerprint density at radius 3 is 2.68 bits per heavy atom. The van der Waals surface area contributed by atoms with Gasteiger partial charge in [0, 0.05) is 61.8 Å². The summed E-state index contributed by atoms with van der Waals surface area (Å²) in [5.74, 6) is 2.74. The number of amides is 2. The summed E-state index contributed by atoms with van der Waals surface area (Å²) in [5.41, 5.74) is 2.32. The number of pyridine rings is 2. The lowest BCUT2D eigenvalue weighted by Gasteiger charge is -2.16. The minimum Gasteiger partial charge on any atom is -0.456 e. The van der Waals surface area contributed by atoms with Crippen LogP contribution in [0, 0.1) is 0 Å². The molecular weight excluding hydrogens is 556 g/mol. The number of benzene rings is 1. The molecule has 0 unspecified atom stereocenters. The van der Waals surface area contributed by atoms with Crippen molar-refractivity contribution in [2.24, 2.45) is 0 Å². The highest BCUT2D eigenvalue weighted by molar-refractivity contribution is 6.03. The summed E-state index contributed by atoms with van der Waals surface area (Å²) in [7, 11) is 2.10. The fourth-order valence-electron chi connectivity index (χ4n) is 5.65. The lowest BCUT2D eigenvalue weighted by atomic mass is 10.1. The maximum Gasteiger partial charge on any atom is 0.256 e. The van der Waals surface area contributed by atoms with Gasteiger partial charge in [-0.25, -0.2) is 9.97 Å². The maximum atomic E-state index is 12.8. The van der Waals surface area contributed by atoms with Crippen molar-refractivity contribution in [1.82, 2.24) is 30.0 Å². The van der Waals surface area contributed by atoms with Gasteiger partial charge in [0.15, 0.2) is 11.5 Å². The van der Waals surface area contributed by atoms with Crippen LogP contribution in [-0.4, -0.2) is 80.5 Å². The minimum absolute atomic E-state index is 0.0382. The predicted molar refractivity (Wildman–Crippen MR) is 168 cm³/mol. The number of carbonyl (C=O) groups excluding carboxylic acids is 2. The van der Waals surface area contributed by atoms with Gasteiger partial charge in [0.25, 0.3) is 5.91 Å². The van der Waals surface area contributed by atoms with Crippen molar-refractivity contribution in [3.8, 4) is 11.5 Å². The molecule has 11 nitrogen and oxygen atoms in total. The molecule has 44 heavy (non-hydrogen) atoms. The summed E-state index contributed by atoms with van der Waals surface area (Å²) in [6, 6.07) is 13.5. The van der Waals surface area contributed by atoms with E-state index in [1.165, 1.54) is 31.2 Å². The van der Waals surface area contributed by atoms with Crippen LogP contribution >= 0.6 is 0 Å². The number of likely N-dealkylation sites (tertiary alicyclic amines) is 1. The van der Waals surface area contributed by atoms with Gasteiger partial charge in [0.1, 0.15) is 22.7 Å². The van der Waals surface area contributed by atoms with E-state index in [-0.39, 0.29) is 17.9 Å². The topological polar surface area (TPSA) is 128 Å². The Kier molecular flexibility index (Phi) is 7.69. The first-order valence-corrected chi connectivity index (χ1v) is 15.3. The van der Waals surface area contributed by atoms with Crippen LogP contribution in [0.1, 0.15) is 53.9 Å². The van der Waals surface area contributed by atoms with Crippen LogP contribution in [0.2, 0.25) is 0 Å². The van der Waals surface area contributed by atoms with Crippen molar-refractivity contribution < 1.29 is 14.3 Å². The van der Waals surface area contributed by atoms with Gasteiger partial charge in [0.05, 0.1) is 0 Å². The van der Waals surface area contributed by atoms with Gasteiger partial charge in [-0.15, -0.1) is 0 Å². The number of hydrogen-bond acceptors (Lipinski definition) is 8. The second-order valence-corrected chi connectivity index (χ2v) is 11.9. The quantitative estimate of drug-likeness (QED) is 0.209. The molecule has 3 fully saturated rings. The summed E-state index contributed by atoms with van der Waals surface area (Å²) in [6.45, 7) is 2.07. The average molecular weight is 593 g/mol. The first kappa shape index (κ1) is 28.0. The van der Waals surface area contributed by atoms with Gasteiger partial charge < -0.3 is 20.3 Å². The van der Waals surface area contributed by atoms with Crippen molar-refractivity contribution in [3.05, 3.63) is 78.1 Å². The molecule has 1 saturated heterocycles. The number of hydrogen-bond donors (Lipinski definition) is 3. The predicted octanol–water partition coefficient (Wildman–Crippen LogP) is 4.94. The molecule has 11 heteroatoms. The van der Waals surface area contributed by atoms with Gasteiger partial charge in [-0.05, 0) is 87.0 Å². The molecular formula is C33H36N8O3. The van der Waals surface area contributed by atoms with Crippen LogP contribution in [0.25, 0.3) is 11.0 Å². The molecule has 226 valence electrons. The van der Waals surface area contributed by atoms with Crippen molar-refractivity contribution in [2.75, 3.05) is 37.3 Å². The molecule has 1 aliphatic heterocycles. The van der Waals surface area contributed by atoms with Gasteiger partial charge in [-0.2, -0.15) is 5.10 Å². The van der Waals surface area contributed by atoms with E-state index in [0.717, 1.165) is 18.4 Å². The van der Waals surface area contributed by atoms with E-state index >= 15 is 0 Å². The number of nitrogens with zero attached hydrogens (tertiary/aromatic N) is 5. The van der Waals surface area contributed by atoms with Crippen LogP contribution in [0.4, 0.5) is 11.6 Å². The second kappa shape index (κ2) is 12.1. The number of aromatic amines is 1. The van der Waals surface area contributed by atoms with E-state index < -0.39 is 0 Å². The smallest absolute Gasteiger partial charge is 0.256 e. The average Bonchev–Trinajstić information content (AvgIpc) is 3.97. The molecule has 0 spiro atoms. The summed E-state index contributed by atoms with van der Waals surface area (Å²) in [4.78, 5) is 38.4. The third-order valence-corrected chi connectivity index (χ3v) is 8.51. The number of aromatic nitrogens is 4. The van der Waals surface area contributed by atoms with E-state index in [9.17, 15) is 9.59 Å². The van der Waals surface area contributed by atoms with Crippen LogP contribution in [0.5, 0.6) is 11.5 Å². The van der Waals surface area contributed by atoms with E-state index in [1.807, 2.05) is 23.1 Å². The van der Waals surface area contributed by atoms with E-state index in [0.29, 0.717) is 59.4 Å². The minimum atomic E-state index is -0.227. The highest BCUT2D eigenvalue weighted by Crippen LogP contribution is 2.40. The normalized spacial score (nSPS) is 18.3. The zero-order valence-corrected chi connectivity index (χ0v) is 24.7. The molecule has 2 saturated carbocycles. The monoisotopic (exact) mass is 592 g/mol. The van der Waals surface area contributed by atoms with Gasteiger partial charge >= 0.3 is 0 Å². The van der Waals surface area contributed by atoms with Gasteiger partial charge in [0.2, 0.25) is 5.91 Å². The Balaban J connectivity index is 0.977. The number of anilines is 2. The Bertz CT molecular complexity index is 1690. The zero-order valence-electron chi connectivity index (χ0n) is 24.7. The van der Waals surface area contributed by atoms with Crippen molar-refractivity contribution >= 4 is 34.5 Å². The fraction of sp³-hybridized carbons (Fsp3) is 0.364. The molecule has 0 radical (unpaired) electrons. The Hall–Kier alpha value is -4.77. The number of H-pyrrole nitrogens is 1. The van der Waals surface area contributed by atoms with Crippen molar-refractivity contribution in [3.63, 3.8) is 0 Å². The molecule has 3 aromatic heterocycles. The van der Waals surface area contributed by atoms with E-state index in [2.05, 4.69) is 42.7 Å². The molecule has 3 aliphatic rings. The van der Waals surface area contributed by atoms with E-state index in [4.69, 9.17) is 4.74 Å². The number of carbonyl (C=O) groups is 2. The van der Waals surface area contributed by atoms with Crippen LogP contribution in [-0.2, 0) is 4.79 Å². The third kappa shape index (κ3) is 6.42. The summed E-state index contributed by atoms with van der Waals surface area (Å²) in [5, 5.41) is 14.5. The second-order valence-electron chi connectivity index (χ2n) is 11.9. The Labute approximate surface area is 255 Å². The molecule has 1 aromatic carbocycles. The number of likely N-dealkylation sites (N-methyl/N-ethyl adjacent to an activating group) is 1. The van der Waals surface area contributed by atoms with Crippen LogP contribution in [0.15, 0.2) is 67.0 Å². The largest absolute Gasteiger partial charge is 0.456 e. The van der Waals surface area contributed by atoms with Gasteiger partial charge in [-0.1, -0.05) is 6.08 Å². The SMILES string of the molecule is CN(CC=CC(=O)N1CC[C@@H](Nc2n[nH]c3nccc(Oc4ccc(C(=O)Nc5cc(C6CC6)ccn5)cc4)c23)C1)C1CC1. The summed E-state index contributed by atoms with van der Waals surface area (Å²) < 4.78 is 6.24. The van der Waals surface area contributed by atoms with Crippen molar-refractivity contribution in [1.29, 1.82) is 0 Å². The lowest BCUT2D eigenvalue weighted by molar-refractivity contribution is -0.125. The number of rotatable bonds is 11. The lowest BCUT2D eigenvalue weighted by Crippen LogP contribution is -2.30. The summed E-state index contributed by atoms with van der Waals surface area (Å²) in [6.07, 6.45) is 12.8. The third-order valence-electron chi connectivity index (χ3n) is 8.51. The number of nitrogens with one attached hydrogen (secondary N) is 3. The Morgan fingerprint density at radius 1 is 1.07 bits per heavy atom. The molecule has 2 aliphatic carbocycles. The first-order chi connectivity index (χ1) is 21.5. The highest BCUT2D eigenvalue weighted by atomic mass is 16.5. The molecule has 3 N–H and O–H groups in total. The number of ether oxygens (including phenoxy) is 1. The number of fused-ring (bicyclic) bond motifs is 1. The van der Waals surface area contributed by atoms with Crippen LogP contribution < -0.4 is 15.4 Å². The maximum absolute atomic E-state index is 12.8. The molecule has 1 atom stereocenters. The van der Waals surface area contributed by atoms with Crippen LogP contribution in [0.3, 0.4) is 0 Å². The standard InChI is InChI=1S/C33H36N8O3/c1-40(25-8-9-25)17-2-3-29(42)41-18-14-24(20-41)36-32-30-27(13-16-35-31(30)38-39-32)44-26-10-6-22(7-11-26)33(43)37-28-19-23(12-15-34-28)21-4-5-21/h2-3,6-7,10-13,15-16,19,21,24-25H,4-5,8-9,14,17-18,20H2,1H3,(H,34,37,43)(H2,35,36,38,39)/t24-/m1/s1. The van der Waals surface area contributed by atoms with E-state index in [1.54, 1.807) is 48.8 Å². The first-order valence-electron chi connectivity index (χ1n) is 15.3. The molecule has 2 amide bonds. The zero-order chi connectivity index (χ0) is 30.0. The fourth-order valence-corrected chi connectivity index (χ4v) is 5.65. The molecule has 4 aromatic rings. The Morgan fingerprint density at radius 2 is 1.89 bits per heavy atom. The summed E-state index contributed by atoms with van der Waals surface area (Å²) >= 11 is 0. The molecule has 4 heterocycles. The van der Waals surface area contributed by atoms with Crippen molar-refractivity contribution in [2.45, 2.75) is 50.1 Å². The molecule has 7 rings (SSSR count).